The second-order valence-electron chi connectivity index (χ2n) is 6.65. The van der Waals surface area contributed by atoms with Gasteiger partial charge < -0.3 is 15.0 Å². The molecule has 1 heterocycles. The summed E-state index contributed by atoms with van der Waals surface area (Å²) >= 11 is 0. The third-order valence-corrected chi connectivity index (χ3v) is 4.51. The number of nitrogens with one attached hydrogen (secondary N) is 1. The van der Waals surface area contributed by atoms with Crippen molar-refractivity contribution in [1.82, 2.24) is 15.1 Å². The van der Waals surface area contributed by atoms with Gasteiger partial charge in [-0.15, -0.1) is 0 Å². The first-order valence-corrected chi connectivity index (χ1v) is 9.66. The fourth-order valence-corrected chi connectivity index (χ4v) is 3.00. The lowest BCUT2D eigenvalue weighted by Gasteiger charge is -2.22. The fourth-order valence-electron chi connectivity index (χ4n) is 3.00. The van der Waals surface area contributed by atoms with Gasteiger partial charge in [0.05, 0.1) is 0 Å². The molecule has 140 valence electrons. The highest BCUT2D eigenvalue weighted by Gasteiger charge is 2.18. The van der Waals surface area contributed by atoms with Crippen LogP contribution in [0.5, 0.6) is 0 Å². The Morgan fingerprint density at radius 2 is 1.88 bits per heavy atom. The molecule has 0 spiro atoms. The first-order chi connectivity index (χ1) is 12.3. The zero-order valence-electron chi connectivity index (χ0n) is 15.6. The summed E-state index contributed by atoms with van der Waals surface area (Å²) in [6.45, 7) is 8.98. The van der Waals surface area contributed by atoms with Crippen molar-refractivity contribution in [3.8, 4) is 0 Å². The fraction of sp³-hybridized carbons (Fsp3) is 0.650. The van der Waals surface area contributed by atoms with Crippen LogP contribution in [0.15, 0.2) is 30.3 Å². The number of unbranched alkanes of at least 4 members (excludes halogenated alkanes) is 1. The maximum absolute atomic E-state index is 12.3. The first kappa shape index (κ1) is 19.7. The topological polar surface area (TPSA) is 44.8 Å². The highest BCUT2D eigenvalue weighted by Crippen LogP contribution is 2.09. The molecular formula is C20H33N3O2. The third-order valence-electron chi connectivity index (χ3n) is 4.51. The molecule has 0 radical (unpaired) electrons. The number of hydrogen-bond acceptors (Lipinski definition) is 3. The molecule has 5 nitrogen and oxygen atoms in total. The molecular weight excluding hydrogens is 314 g/mol. The van der Waals surface area contributed by atoms with Gasteiger partial charge in [0, 0.05) is 52.5 Å². The van der Waals surface area contributed by atoms with Gasteiger partial charge in [0.2, 0.25) is 0 Å². The smallest absolute Gasteiger partial charge is 0.317 e. The van der Waals surface area contributed by atoms with Crippen LogP contribution in [0.1, 0.15) is 38.2 Å². The minimum absolute atomic E-state index is 0.0649. The molecule has 1 N–H and O–H groups in total. The van der Waals surface area contributed by atoms with Crippen LogP contribution in [0.4, 0.5) is 4.79 Å². The van der Waals surface area contributed by atoms with Crippen molar-refractivity contribution in [2.75, 3.05) is 45.9 Å². The maximum Gasteiger partial charge on any atom is 0.317 e. The highest BCUT2D eigenvalue weighted by molar-refractivity contribution is 5.74. The van der Waals surface area contributed by atoms with Crippen LogP contribution in [-0.2, 0) is 11.3 Å². The van der Waals surface area contributed by atoms with E-state index in [0.717, 1.165) is 71.6 Å². The molecule has 25 heavy (non-hydrogen) atoms. The van der Waals surface area contributed by atoms with E-state index in [1.807, 2.05) is 11.0 Å². The molecule has 0 atom stereocenters. The van der Waals surface area contributed by atoms with E-state index in [4.69, 9.17) is 4.74 Å². The molecule has 1 saturated heterocycles. The molecule has 0 unspecified atom stereocenters. The number of benzene rings is 1. The van der Waals surface area contributed by atoms with Gasteiger partial charge in [0.1, 0.15) is 0 Å². The number of ether oxygens (including phenoxy) is 1. The van der Waals surface area contributed by atoms with Crippen molar-refractivity contribution in [2.24, 2.45) is 0 Å². The molecule has 2 amide bonds. The zero-order chi connectivity index (χ0) is 17.7. The molecule has 1 fully saturated rings. The van der Waals surface area contributed by atoms with Gasteiger partial charge in [-0.05, 0) is 24.8 Å². The number of hydrogen-bond donors (Lipinski definition) is 1. The van der Waals surface area contributed by atoms with Gasteiger partial charge >= 0.3 is 6.03 Å². The minimum atomic E-state index is 0.0649. The van der Waals surface area contributed by atoms with Gasteiger partial charge in [0.15, 0.2) is 0 Å². The molecule has 1 aromatic rings. The first-order valence-electron chi connectivity index (χ1n) is 9.66. The quantitative estimate of drug-likeness (QED) is 0.698. The number of urea groups is 1. The van der Waals surface area contributed by atoms with Gasteiger partial charge in [-0.25, -0.2) is 4.79 Å². The maximum atomic E-state index is 12.3. The van der Waals surface area contributed by atoms with E-state index >= 15 is 0 Å². The normalized spacial score (nSPS) is 15.8. The SMILES string of the molecule is CCCCOCCCNC(=O)N1CCCN(Cc2ccccc2)CC1. The molecule has 0 aliphatic carbocycles. The largest absolute Gasteiger partial charge is 0.381 e. The molecule has 5 heteroatoms. The lowest BCUT2D eigenvalue weighted by atomic mass is 10.2. The molecule has 0 saturated carbocycles. The van der Waals surface area contributed by atoms with Crippen molar-refractivity contribution in [3.05, 3.63) is 35.9 Å². The predicted octanol–water partition coefficient (Wildman–Crippen LogP) is 3.11. The Morgan fingerprint density at radius 1 is 1.08 bits per heavy atom. The van der Waals surface area contributed by atoms with Crippen LogP contribution >= 0.6 is 0 Å². The second-order valence-corrected chi connectivity index (χ2v) is 6.65. The molecule has 0 aromatic heterocycles. The summed E-state index contributed by atoms with van der Waals surface area (Å²) in [5.74, 6) is 0. The number of nitrogens with zero attached hydrogens (tertiary/aromatic N) is 2. The Kier molecular flexibility index (Phi) is 9.37. The number of amides is 2. The van der Waals surface area contributed by atoms with Gasteiger partial charge in [0.25, 0.3) is 0 Å². The van der Waals surface area contributed by atoms with Crippen molar-refractivity contribution in [1.29, 1.82) is 0 Å². The third kappa shape index (κ3) is 7.88. The van der Waals surface area contributed by atoms with Gasteiger partial charge in [-0.3, -0.25) is 4.90 Å². The van der Waals surface area contributed by atoms with Crippen LogP contribution in [0.2, 0.25) is 0 Å². The standard InChI is InChI=1S/C20H33N3O2/c1-2-3-16-25-17-7-11-21-20(24)23-13-8-12-22(14-15-23)18-19-9-5-4-6-10-19/h4-6,9-10H,2-3,7-8,11-18H2,1H3,(H,21,24). The molecule has 1 aliphatic rings. The summed E-state index contributed by atoms with van der Waals surface area (Å²) in [5, 5.41) is 3.02. The number of rotatable bonds is 9. The molecule has 0 bridgehead atoms. The van der Waals surface area contributed by atoms with Crippen LogP contribution in [-0.4, -0.2) is 61.8 Å². The van der Waals surface area contributed by atoms with E-state index < -0.39 is 0 Å². The van der Waals surface area contributed by atoms with E-state index in [-0.39, 0.29) is 6.03 Å². The second kappa shape index (κ2) is 11.9. The van der Waals surface area contributed by atoms with E-state index in [2.05, 4.69) is 41.4 Å². The Balaban J connectivity index is 1.62. The van der Waals surface area contributed by atoms with Gasteiger partial charge in [-0.2, -0.15) is 0 Å². The van der Waals surface area contributed by atoms with Gasteiger partial charge in [-0.1, -0.05) is 43.7 Å². The van der Waals surface area contributed by atoms with Crippen molar-refractivity contribution in [2.45, 2.75) is 39.2 Å². The van der Waals surface area contributed by atoms with Crippen LogP contribution in [0.3, 0.4) is 0 Å². The Hall–Kier alpha value is -1.59. The predicted molar refractivity (Wildman–Crippen MR) is 102 cm³/mol. The van der Waals surface area contributed by atoms with Crippen LogP contribution in [0.25, 0.3) is 0 Å². The van der Waals surface area contributed by atoms with Crippen molar-refractivity contribution < 1.29 is 9.53 Å². The average molecular weight is 348 g/mol. The van der Waals surface area contributed by atoms with Crippen molar-refractivity contribution >= 4 is 6.03 Å². The lowest BCUT2D eigenvalue weighted by Crippen LogP contribution is -2.42. The Morgan fingerprint density at radius 3 is 2.68 bits per heavy atom. The average Bonchev–Trinajstić information content (AvgIpc) is 2.87. The van der Waals surface area contributed by atoms with Crippen molar-refractivity contribution in [3.63, 3.8) is 0 Å². The summed E-state index contributed by atoms with van der Waals surface area (Å²) in [6, 6.07) is 10.6. The van der Waals surface area contributed by atoms with Crippen LogP contribution in [0, 0.1) is 0 Å². The Bertz CT molecular complexity index is 481. The molecule has 1 aromatic carbocycles. The van der Waals surface area contributed by atoms with E-state index in [9.17, 15) is 4.79 Å². The van der Waals surface area contributed by atoms with E-state index in [0.29, 0.717) is 6.54 Å². The zero-order valence-corrected chi connectivity index (χ0v) is 15.6. The molecule has 1 aliphatic heterocycles. The Labute approximate surface area is 152 Å². The highest BCUT2D eigenvalue weighted by atomic mass is 16.5. The number of carbonyl (C=O) groups is 1. The summed E-state index contributed by atoms with van der Waals surface area (Å²) in [6.07, 6.45) is 4.18. The summed E-state index contributed by atoms with van der Waals surface area (Å²) in [5.41, 5.74) is 1.34. The molecule has 2 rings (SSSR count). The van der Waals surface area contributed by atoms with E-state index in [1.165, 1.54) is 5.56 Å². The number of carbonyl (C=O) groups excluding carboxylic acids is 1. The minimum Gasteiger partial charge on any atom is -0.381 e. The summed E-state index contributed by atoms with van der Waals surface area (Å²) in [4.78, 5) is 16.7. The monoisotopic (exact) mass is 347 g/mol. The summed E-state index contributed by atoms with van der Waals surface area (Å²) < 4.78 is 5.52. The summed E-state index contributed by atoms with van der Waals surface area (Å²) in [7, 11) is 0. The van der Waals surface area contributed by atoms with Crippen LogP contribution < -0.4 is 5.32 Å². The van der Waals surface area contributed by atoms with E-state index in [1.54, 1.807) is 0 Å². The lowest BCUT2D eigenvalue weighted by molar-refractivity contribution is 0.128.